The van der Waals surface area contributed by atoms with E-state index in [1.807, 2.05) is 42.5 Å². The molecular weight excluding hydrogens is 386 g/mol. The molecule has 0 bridgehead atoms. The van der Waals surface area contributed by atoms with E-state index >= 15 is 0 Å². The van der Waals surface area contributed by atoms with Crippen LogP contribution < -0.4 is 5.63 Å². The molecule has 8 heteroatoms. The van der Waals surface area contributed by atoms with Crippen LogP contribution in [0.15, 0.2) is 52.2 Å². The molecule has 1 saturated heterocycles. The number of benzene rings is 1. The van der Waals surface area contributed by atoms with Gasteiger partial charge in [0.15, 0.2) is 0 Å². The van der Waals surface area contributed by atoms with Crippen molar-refractivity contribution in [1.82, 2.24) is 14.5 Å². The number of carbonyl (C=O) groups is 2. The zero-order valence-electron chi connectivity index (χ0n) is 16.9. The van der Waals surface area contributed by atoms with Crippen LogP contribution in [0.5, 0.6) is 0 Å². The molecule has 158 valence electrons. The Hall–Kier alpha value is -3.42. The van der Waals surface area contributed by atoms with Gasteiger partial charge in [-0.15, -0.1) is 0 Å². The summed E-state index contributed by atoms with van der Waals surface area (Å²) in [6.07, 6.45) is 7.89. The van der Waals surface area contributed by atoms with Gasteiger partial charge in [-0.1, -0.05) is 12.1 Å². The lowest BCUT2D eigenvalue weighted by Gasteiger charge is -2.33. The molecule has 3 heterocycles. The summed E-state index contributed by atoms with van der Waals surface area (Å²) in [6, 6.07) is 7.18. The van der Waals surface area contributed by atoms with Crippen LogP contribution >= 0.6 is 0 Å². The molecule has 0 saturated carbocycles. The van der Waals surface area contributed by atoms with Crippen LogP contribution in [0.3, 0.4) is 0 Å². The van der Waals surface area contributed by atoms with Crippen LogP contribution in [-0.4, -0.2) is 45.0 Å². The monoisotopic (exact) mass is 411 g/mol. The summed E-state index contributed by atoms with van der Waals surface area (Å²) >= 11 is 0. The van der Waals surface area contributed by atoms with E-state index in [0.717, 1.165) is 49.0 Å². The lowest BCUT2D eigenvalue weighted by atomic mass is 9.97. The van der Waals surface area contributed by atoms with Crippen molar-refractivity contribution in [1.29, 1.82) is 0 Å². The van der Waals surface area contributed by atoms with Gasteiger partial charge in [0, 0.05) is 43.5 Å². The van der Waals surface area contributed by atoms with Crippen molar-refractivity contribution >= 4 is 23.3 Å². The number of rotatable bonds is 4. The molecule has 8 nitrogen and oxygen atoms in total. The quantitative estimate of drug-likeness (QED) is 0.522. The molecule has 1 aliphatic rings. The third kappa shape index (κ3) is 5.34. The van der Waals surface area contributed by atoms with Gasteiger partial charge in [0.25, 0.3) is 6.47 Å². The number of piperidine rings is 1. The van der Waals surface area contributed by atoms with Gasteiger partial charge in [0.2, 0.25) is 5.91 Å². The number of aromatic nitrogens is 2. The summed E-state index contributed by atoms with van der Waals surface area (Å²) in [5.74, 6) is 0.495. The molecule has 3 aromatic rings. The summed E-state index contributed by atoms with van der Waals surface area (Å²) in [7, 11) is 0. The highest BCUT2D eigenvalue weighted by Gasteiger charge is 2.24. The maximum absolute atomic E-state index is 12.9. The van der Waals surface area contributed by atoms with Crippen LogP contribution in [0.25, 0.3) is 11.0 Å². The zero-order valence-corrected chi connectivity index (χ0v) is 16.9. The van der Waals surface area contributed by atoms with E-state index in [1.165, 1.54) is 6.07 Å². The number of aryl methyl sites for hydroxylation is 1. The standard InChI is InChI=1S/C21H23N3O3.CH2O2/c1-15-4-5-18-17(11-21(26)27-19(18)9-15)10-20(25)24-7-2-3-16(13-24)12-23-8-6-22-14-23;2-1-3/h4-6,8-9,11,14,16H,2-3,7,10,12-13H2,1H3;1H,(H,2,3). The number of imidazole rings is 1. The molecule has 2 aromatic heterocycles. The van der Waals surface area contributed by atoms with Crippen molar-refractivity contribution in [3.05, 3.63) is 64.5 Å². The highest BCUT2D eigenvalue weighted by atomic mass is 16.4. The van der Waals surface area contributed by atoms with Gasteiger partial charge >= 0.3 is 5.63 Å². The Kier molecular flexibility index (Phi) is 7.00. The minimum atomic E-state index is -0.410. The highest BCUT2D eigenvalue weighted by molar-refractivity contribution is 5.87. The average molecular weight is 411 g/mol. The topological polar surface area (TPSA) is 106 Å². The Morgan fingerprint density at radius 2 is 2.17 bits per heavy atom. The normalized spacial score (nSPS) is 16.0. The van der Waals surface area contributed by atoms with Gasteiger partial charge in [-0.2, -0.15) is 0 Å². The second-order valence-electron chi connectivity index (χ2n) is 7.48. The Morgan fingerprint density at radius 3 is 2.90 bits per heavy atom. The van der Waals surface area contributed by atoms with Crippen LogP contribution in [-0.2, 0) is 22.6 Å². The number of fused-ring (bicyclic) bond motifs is 1. The summed E-state index contributed by atoms with van der Waals surface area (Å²) in [5.41, 5.74) is 1.89. The Balaban J connectivity index is 0.000000806. The number of carboxylic acid groups (broad SMARTS) is 1. The first kappa shape index (κ1) is 21.3. The van der Waals surface area contributed by atoms with Crippen molar-refractivity contribution in [2.75, 3.05) is 13.1 Å². The molecule has 1 amide bonds. The maximum atomic E-state index is 12.9. The molecule has 30 heavy (non-hydrogen) atoms. The first-order valence-corrected chi connectivity index (χ1v) is 9.85. The number of nitrogens with zero attached hydrogens (tertiary/aromatic N) is 3. The van der Waals surface area contributed by atoms with E-state index in [1.54, 1.807) is 6.20 Å². The zero-order chi connectivity index (χ0) is 21.5. The van der Waals surface area contributed by atoms with Gasteiger partial charge in [-0.05, 0) is 42.9 Å². The van der Waals surface area contributed by atoms with E-state index in [2.05, 4.69) is 9.55 Å². The molecule has 1 fully saturated rings. The molecule has 0 aliphatic carbocycles. The van der Waals surface area contributed by atoms with E-state index in [-0.39, 0.29) is 18.8 Å². The predicted molar refractivity (Wildman–Crippen MR) is 111 cm³/mol. The van der Waals surface area contributed by atoms with E-state index in [9.17, 15) is 9.59 Å². The predicted octanol–water partition coefficient (Wildman–Crippen LogP) is 2.48. The third-order valence-corrected chi connectivity index (χ3v) is 5.23. The van der Waals surface area contributed by atoms with Gasteiger partial charge in [-0.25, -0.2) is 9.78 Å². The van der Waals surface area contributed by atoms with Crippen molar-refractivity contribution in [3.8, 4) is 0 Å². The lowest BCUT2D eigenvalue weighted by molar-refractivity contribution is -0.132. The van der Waals surface area contributed by atoms with E-state index < -0.39 is 5.63 Å². The molecule has 4 rings (SSSR count). The van der Waals surface area contributed by atoms with Crippen molar-refractivity contribution in [2.24, 2.45) is 5.92 Å². The fraction of sp³-hybridized carbons (Fsp3) is 0.364. The van der Waals surface area contributed by atoms with Crippen molar-refractivity contribution in [2.45, 2.75) is 32.7 Å². The summed E-state index contributed by atoms with van der Waals surface area (Å²) in [6.45, 7) is 4.10. The number of carbonyl (C=O) groups excluding carboxylic acids is 1. The number of amides is 1. The second-order valence-corrected chi connectivity index (χ2v) is 7.48. The summed E-state index contributed by atoms with van der Waals surface area (Å²) < 4.78 is 7.36. The first-order chi connectivity index (χ1) is 14.5. The van der Waals surface area contributed by atoms with Crippen molar-refractivity contribution < 1.29 is 19.1 Å². The van der Waals surface area contributed by atoms with Gasteiger partial charge < -0.3 is 19.0 Å². The molecule has 1 N–H and O–H groups in total. The SMILES string of the molecule is Cc1ccc2c(CC(=O)N3CCCC(Cn4ccnc4)C3)cc(=O)oc2c1.O=CO. The minimum absolute atomic E-state index is 0.0674. The van der Waals surface area contributed by atoms with Crippen molar-refractivity contribution in [3.63, 3.8) is 0 Å². The minimum Gasteiger partial charge on any atom is -0.483 e. The van der Waals surface area contributed by atoms with Gasteiger partial charge in [0.1, 0.15) is 5.58 Å². The van der Waals surface area contributed by atoms with Crippen LogP contribution in [0.4, 0.5) is 0 Å². The molecule has 1 atom stereocenters. The fourth-order valence-electron chi connectivity index (χ4n) is 3.89. The Labute approximate surface area is 173 Å². The first-order valence-electron chi connectivity index (χ1n) is 9.85. The smallest absolute Gasteiger partial charge is 0.336 e. The highest BCUT2D eigenvalue weighted by Crippen LogP contribution is 2.22. The molecule has 1 aliphatic heterocycles. The molecule has 1 unspecified atom stereocenters. The average Bonchev–Trinajstić information content (AvgIpc) is 3.21. The molecular formula is C22H25N3O5. The number of hydrogen-bond acceptors (Lipinski definition) is 5. The summed E-state index contributed by atoms with van der Waals surface area (Å²) in [5, 5.41) is 7.72. The molecule has 0 radical (unpaired) electrons. The van der Waals surface area contributed by atoms with Gasteiger partial charge in [-0.3, -0.25) is 9.59 Å². The number of likely N-dealkylation sites (tertiary alicyclic amines) is 1. The summed E-state index contributed by atoms with van der Waals surface area (Å²) in [4.78, 5) is 39.2. The third-order valence-electron chi connectivity index (χ3n) is 5.23. The van der Waals surface area contributed by atoms with Crippen LogP contribution in [0, 0.1) is 12.8 Å². The van der Waals surface area contributed by atoms with E-state index in [0.29, 0.717) is 11.5 Å². The maximum Gasteiger partial charge on any atom is 0.336 e. The number of hydrogen-bond donors (Lipinski definition) is 1. The largest absolute Gasteiger partial charge is 0.483 e. The second kappa shape index (κ2) is 9.87. The molecule has 1 aromatic carbocycles. The fourth-order valence-corrected chi connectivity index (χ4v) is 3.89. The van der Waals surface area contributed by atoms with Gasteiger partial charge in [0.05, 0.1) is 12.7 Å². The Morgan fingerprint density at radius 1 is 1.37 bits per heavy atom. The van der Waals surface area contributed by atoms with Crippen LogP contribution in [0.2, 0.25) is 0 Å². The lowest BCUT2D eigenvalue weighted by Crippen LogP contribution is -2.41. The van der Waals surface area contributed by atoms with Crippen LogP contribution in [0.1, 0.15) is 24.0 Å². The molecule has 0 spiro atoms. The van der Waals surface area contributed by atoms with E-state index in [4.69, 9.17) is 14.3 Å². The Bertz CT molecular complexity index is 1060.